The highest BCUT2D eigenvalue weighted by molar-refractivity contribution is 5.82. The highest BCUT2D eigenvalue weighted by Gasteiger charge is 2.37. The maximum Gasteiger partial charge on any atom is 0.513 e. The number of esters is 2. The van der Waals surface area contributed by atoms with Gasteiger partial charge in [0.25, 0.3) is 5.69 Å². The Balaban J connectivity index is 1.46. The van der Waals surface area contributed by atoms with Gasteiger partial charge in [-0.15, -0.1) is 0 Å². The predicted molar refractivity (Wildman–Crippen MR) is 184 cm³/mol. The van der Waals surface area contributed by atoms with Crippen molar-refractivity contribution in [2.24, 2.45) is 11.8 Å². The fraction of sp³-hybridized carbons (Fsp3) is 0.308. The lowest BCUT2D eigenvalue weighted by atomic mass is 9.83. The number of hydrogen-bond donors (Lipinski definition) is 0. The predicted octanol–water partition coefficient (Wildman–Crippen LogP) is 8.03. The third-order valence-corrected chi connectivity index (χ3v) is 7.48. The summed E-state index contributed by atoms with van der Waals surface area (Å²) in [5.41, 5.74) is 1.64. The lowest BCUT2D eigenvalue weighted by molar-refractivity contribution is -0.384. The number of carbonyl (C=O) groups excluding carboxylic acids is 3. The quantitative estimate of drug-likeness (QED) is 0.0285. The van der Waals surface area contributed by atoms with Crippen LogP contribution in [-0.4, -0.2) is 35.2 Å². The summed E-state index contributed by atoms with van der Waals surface area (Å²) in [5, 5.41) is 10.9. The molecule has 0 N–H and O–H groups in total. The van der Waals surface area contributed by atoms with Gasteiger partial charge in [0.1, 0.15) is 30.3 Å². The number of nitro benzene ring substituents is 1. The third-order valence-electron chi connectivity index (χ3n) is 7.48. The molecule has 0 aliphatic heterocycles. The van der Waals surface area contributed by atoms with Crippen molar-refractivity contribution >= 4 is 23.8 Å². The van der Waals surface area contributed by atoms with Gasteiger partial charge in [0.2, 0.25) is 0 Å². The first-order valence-electron chi connectivity index (χ1n) is 16.2. The van der Waals surface area contributed by atoms with Crippen LogP contribution in [0.25, 0.3) is 0 Å². The molecule has 11 nitrogen and oxygen atoms in total. The second kappa shape index (κ2) is 18.2. The van der Waals surface area contributed by atoms with Crippen molar-refractivity contribution in [1.82, 2.24) is 0 Å². The van der Waals surface area contributed by atoms with Gasteiger partial charge in [0, 0.05) is 12.1 Å². The average molecular weight is 684 g/mol. The molecule has 0 saturated carbocycles. The number of nitrogens with zero attached hydrogens (tertiary/aromatic N) is 1. The molecule has 0 radical (unpaired) electrons. The van der Waals surface area contributed by atoms with Crippen LogP contribution in [0.1, 0.15) is 50.3 Å². The Kier molecular flexibility index (Phi) is 13.5. The van der Waals surface area contributed by atoms with Crippen LogP contribution in [0.5, 0.6) is 11.5 Å². The van der Waals surface area contributed by atoms with Crippen LogP contribution in [0.4, 0.5) is 10.5 Å². The minimum Gasteiger partial charge on any atom is -0.489 e. The molecule has 0 aliphatic carbocycles. The first-order chi connectivity index (χ1) is 24.0. The molecule has 11 heteroatoms. The molecule has 262 valence electrons. The smallest absolute Gasteiger partial charge is 0.489 e. The molecule has 4 aromatic rings. The van der Waals surface area contributed by atoms with Gasteiger partial charge < -0.3 is 23.7 Å². The first-order valence-corrected chi connectivity index (χ1v) is 16.2. The largest absolute Gasteiger partial charge is 0.513 e. The van der Waals surface area contributed by atoms with Crippen molar-refractivity contribution in [3.8, 4) is 11.5 Å². The monoisotopic (exact) mass is 683 g/mol. The second-order valence-electron chi connectivity index (χ2n) is 12.6. The van der Waals surface area contributed by atoms with E-state index in [0.717, 1.165) is 16.7 Å². The van der Waals surface area contributed by atoms with Crippen LogP contribution < -0.4 is 9.47 Å². The minimum atomic E-state index is -1.01. The third kappa shape index (κ3) is 12.4. The van der Waals surface area contributed by atoms with E-state index in [4.69, 9.17) is 23.7 Å². The molecule has 0 fully saturated rings. The van der Waals surface area contributed by atoms with E-state index < -0.39 is 40.5 Å². The molecule has 0 saturated heterocycles. The van der Waals surface area contributed by atoms with Crippen LogP contribution in [0.2, 0.25) is 0 Å². The fourth-order valence-corrected chi connectivity index (χ4v) is 5.02. The van der Waals surface area contributed by atoms with Gasteiger partial charge in [-0.3, -0.25) is 19.7 Å². The summed E-state index contributed by atoms with van der Waals surface area (Å²) >= 11 is 0. The van der Waals surface area contributed by atoms with Crippen molar-refractivity contribution in [1.29, 1.82) is 0 Å². The van der Waals surface area contributed by atoms with Crippen LogP contribution >= 0.6 is 0 Å². The Morgan fingerprint density at radius 2 is 1.26 bits per heavy atom. The number of non-ortho nitro benzene ring substituents is 1. The first kappa shape index (κ1) is 37.1. The van der Waals surface area contributed by atoms with E-state index in [1.165, 1.54) is 24.3 Å². The topological polar surface area (TPSA) is 140 Å². The van der Waals surface area contributed by atoms with Gasteiger partial charge in [0.05, 0.1) is 23.4 Å². The van der Waals surface area contributed by atoms with E-state index in [9.17, 15) is 24.5 Å². The lowest BCUT2D eigenvalue weighted by Crippen LogP contribution is -2.37. The normalized spacial score (nSPS) is 12.2. The van der Waals surface area contributed by atoms with Gasteiger partial charge in [-0.2, -0.15) is 0 Å². The molecule has 0 spiro atoms. The van der Waals surface area contributed by atoms with Crippen molar-refractivity contribution < 1.29 is 43.0 Å². The summed E-state index contributed by atoms with van der Waals surface area (Å²) in [6.45, 7) is 5.55. The summed E-state index contributed by atoms with van der Waals surface area (Å²) < 4.78 is 27.7. The second-order valence-corrected chi connectivity index (χ2v) is 12.6. The Bertz CT molecular complexity index is 1690. The van der Waals surface area contributed by atoms with E-state index >= 15 is 0 Å². The van der Waals surface area contributed by atoms with Crippen molar-refractivity contribution in [2.45, 2.75) is 58.8 Å². The molecule has 0 bridgehead atoms. The number of hydrogen-bond acceptors (Lipinski definition) is 10. The highest BCUT2D eigenvalue weighted by Crippen LogP contribution is 2.29. The maximum atomic E-state index is 13.8. The molecule has 50 heavy (non-hydrogen) atoms. The van der Waals surface area contributed by atoms with Crippen molar-refractivity contribution in [3.05, 3.63) is 136 Å². The molecule has 0 aliphatic rings. The molecular weight excluding hydrogens is 642 g/mol. The van der Waals surface area contributed by atoms with E-state index in [1.807, 2.05) is 84.9 Å². The van der Waals surface area contributed by atoms with E-state index in [2.05, 4.69) is 0 Å². The average Bonchev–Trinajstić information content (AvgIpc) is 3.10. The molecular formula is C39H41NO10. The summed E-state index contributed by atoms with van der Waals surface area (Å²) in [5.74, 6) is -2.26. The number of benzene rings is 4. The fourth-order valence-electron chi connectivity index (χ4n) is 5.02. The van der Waals surface area contributed by atoms with Crippen LogP contribution in [-0.2, 0) is 43.4 Å². The molecule has 0 aromatic heterocycles. The minimum absolute atomic E-state index is 0.0288. The molecule has 0 heterocycles. The Morgan fingerprint density at radius 1 is 0.680 bits per heavy atom. The molecule has 0 amide bonds. The van der Waals surface area contributed by atoms with Gasteiger partial charge in [-0.25, -0.2) is 4.79 Å². The summed E-state index contributed by atoms with van der Waals surface area (Å²) in [6.07, 6.45) is -0.488. The summed E-state index contributed by atoms with van der Waals surface area (Å²) in [7, 11) is 0. The Labute approximate surface area is 291 Å². The highest BCUT2D eigenvalue weighted by atomic mass is 16.7. The van der Waals surface area contributed by atoms with Gasteiger partial charge in [-0.1, -0.05) is 72.8 Å². The molecule has 4 aromatic carbocycles. The Morgan fingerprint density at radius 3 is 1.84 bits per heavy atom. The zero-order valence-electron chi connectivity index (χ0n) is 28.3. The lowest BCUT2D eigenvalue weighted by Gasteiger charge is -2.28. The number of rotatable bonds is 16. The van der Waals surface area contributed by atoms with Crippen molar-refractivity contribution in [3.63, 3.8) is 0 Å². The van der Waals surface area contributed by atoms with E-state index in [0.29, 0.717) is 12.4 Å². The van der Waals surface area contributed by atoms with Crippen molar-refractivity contribution in [2.75, 3.05) is 6.61 Å². The summed E-state index contributed by atoms with van der Waals surface area (Å²) in [6, 6.07) is 31.3. The van der Waals surface area contributed by atoms with Gasteiger partial charge >= 0.3 is 18.1 Å². The molecule has 4 rings (SSSR count). The zero-order valence-corrected chi connectivity index (χ0v) is 28.3. The Hall–Kier alpha value is -5.71. The maximum absolute atomic E-state index is 13.8. The van der Waals surface area contributed by atoms with Crippen LogP contribution in [0.15, 0.2) is 109 Å². The van der Waals surface area contributed by atoms with E-state index in [1.54, 1.807) is 20.8 Å². The zero-order chi connectivity index (χ0) is 35.9. The number of ether oxygens (including phenoxy) is 5. The number of carbonyl (C=O) groups is 3. The van der Waals surface area contributed by atoms with Crippen LogP contribution in [0, 0.1) is 22.0 Å². The standard InChI is InChI=1S/C39H41NO10/c1-39(2,3)50-37(42)34(15-10-24-46-38(43)49-33-22-18-31(19-23-33)40(44)45)35(36(41)48-27-30-13-8-5-9-14-30)25-28-16-20-32(21-17-28)47-26-29-11-6-4-7-12-29/h4-9,11-14,16-23,34-35H,10,15,24-27H2,1-3H3/t34-,35+/m0/s1. The summed E-state index contributed by atoms with van der Waals surface area (Å²) in [4.78, 5) is 50.0. The van der Waals surface area contributed by atoms with Gasteiger partial charge in [0.15, 0.2) is 0 Å². The number of nitro groups is 1. The SMILES string of the molecule is CC(C)(C)OC(=O)[C@@H](CCCOC(=O)Oc1ccc([N+](=O)[O-])cc1)[C@@H](Cc1ccc(OCc2ccccc2)cc1)C(=O)OCc1ccccc1. The molecule has 2 atom stereocenters. The van der Waals surface area contributed by atoms with Gasteiger partial charge in [-0.05, 0) is 81.0 Å². The molecule has 0 unspecified atom stereocenters. The van der Waals surface area contributed by atoms with E-state index in [-0.39, 0.29) is 43.9 Å². The van der Waals surface area contributed by atoms with Crippen LogP contribution in [0.3, 0.4) is 0 Å².